The summed E-state index contributed by atoms with van der Waals surface area (Å²) < 4.78 is 54.6. The highest BCUT2D eigenvalue weighted by Crippen LogP contribution is 2.28. The maximum absolute atomic E-state index is 13.4. The molecule has 0 aliphatic rings. The molecular weight excluding hydrogens is 513 g/mol. The standard InChI is InChI=1S/3C10H13FO.2C2H6/c1-7(2)9-5-4-8(12-3)6-10(9)11;1-7(2)10-8(11)5-4-6-9(10)12-3;1-7(2)8-5-4-6-9(12-3)10(8)11;2*1-2/h3*4-7H,1-3H3;2*1-2H3. The van der Waals surface area contributed by atoms with Crippen molar-refractivity contribution < 1.29 is 27.4 Å². The van der Waals surface area contributed by atoms with Crippen LogP contribution in [-0.4, -0.2) is 21.3 Å². The normalized spacial score (nSPS) is 9.68. The van der Waals surface area contributed by atoms with Crippen LogP contribution in [-0.2, 0) is 0 Å². The van der Waals surface area contributed by atoms with Crippen LogP contribution in [0.2, 0.25) is 0 Å². The van der Waals surface area contributed by atoms with Gasteiger partial charge in [0.25, 0.3) is 0 Å². The third kappa shape index (κ3) is 12.8. The fourth-order valence-corrected chi connectivity index (χ4v) is 3.49. The highest BCUT2D eigenvalue weighted by Gasteiger charge is 2.12. The molecule has 0 aliphatic heterocycles. The van der Waals surface area contributed by atoms with Gasteiger partial charge >= 0.3 is 0 Å². The van der Waals surface area contributed by atoms with Crippen molar-refractivity contribution in [2.24, 2.45) is 0 Å². The zero-order chi connectivity index (χ0) is 31.4. The Hall–Kier alpha value is -3.15. The average Bonchev–Trinajstić information content (AvgIpc) is 2.95. The van der Waals surface area contributed by atoms with E-state index in [-0.39, 0.29) is 35.2 Å². The van der Waals surface area contributed by atoms with Gasteiger partial charge in [-0.15, -0.1) is 0 Å². The van der Waals surface area contributed by atoms with Gasteiger partial charge in [0, 0.05) is 11.6 Å². The first-order valence-corrected chi connectivity index (χ1v) is 14.0. The minimum Gasteiger partial charge on any atom is -0.497 e. The molecule has 0 aromatic heterocycles. The number of hydrogen-bond donors (Lipinski definition) is 0. The van der Waals surface area contributed by atoms with Gasteiger partial charge in [-0.05, 0) is 53.1 Å². The molecule has 0 N–H and O–H groups in total. The Kier molecular flexibility index (Phi) is 21.1. The summed E-state index contributed by atoms with van der Waals surface area (Å²) in [7, 11) is 4.56. The molecule has 0 unspecified atom stereocenters. The second kappa shape index (κ2) is 21.6. The van der Waals surface area contributed by atoms with Crippen molar-refractivity contribution in [3.63, 3.8) is 0 Å². The third-order valence-corrected chi connectivity index (χ3v) is 5.47. The van der Waals surface area contributed by atoms with E-state index in [0.717, 1.165) is 5.56 Å². The number of benzene rings is 3. The van der Waals surface area contributed by atoms with Crippen LogP contribution in [0.3, 0.4) is 0 Å². The Morgan fingerprint density at radius 2 is 1.02 bits per heavy atom. The predicted molar refractivity (Wildman–Crippen MR) is 164 cm³/mol. The van der Waals surface area contributed by atoms with Gasteiger partial charge in [0.15, 0.2) is 11.6 Å². The van der Waals surface area contributed by atoms with Crippen LogP contribution in [0, 0.1) is 17.5 Å². The second-order valence-electron chi connectivity index (χ2n) is 9.07. The highest BCUT2D eigenvalue weighted by atomic mass is 19.1. The van der Waals surface area contributed by atoms with Crippen molar-refractivity contribution >= 4 is 0 Å². The fourth-order valence-electron chi connectivity index (χ4n) is 3.49. The van der Waals surface area contributed by atoms with Crippen molar-refractivity contribution in [1.29, 1.82) is 0 Å². The monoisotopic (exact) mass is 564 g/mol. The average molecular weight is 565 g/mol. The van der Waals surface area contributed by atoms with E-state index in [2.05, 4.69) is 0 Å². The lowest BCUT2D eigenvalue weighted by Crippen LogP contribution is -1.97. The number of hydrogen-bond acceptors (Lipinski definition) is 3. The molecule has 3 aromatic rings. The number of rotatable bonds is 6. The topological polar surface area (TPSA) is 27.7 Å². The van der Waals surface area contributed by atoms with Crippen LogP contribution in [0.1, 0.15) is 104 Å². The van der Waals surface area contributed by atoms with Crippen LogP contribution in [0.4, 0.5) is 13.2 Å². The number of methoxy groups -OCH3 is 3. The quantitative estimate of drug-likeness (QED) is 0.298. The Balaban J connectivity index is 0. The van der Waals surface area contributed by atoms with Crippen molar-refractivity contribution in [1.82, 2.24) is 0 Å². The second-order valence-corrected chi connectivity index (χ2v) is 9.07. The summed E-state index contributed by atoms with van der Waals surface area (Å²) in [6.07, 6.45) is 0. The highest BCUT2D eigenvalue weighted by molar-refractivity contribution is 5.37. The molecule has 0 spiro atoms. The Morgan fingerprint density at radius 3 is 1.43 bits per heavy atom. The lowest BCUT2D eigenvalue weighted by atomic mass is 10.0. The fraction of sp³-hybridized carbons (Fsp3) is 0.471. The summed E-state index contributed by atoms with van der Waals surface area (Å²) in [6, 6.07) is 15.0. The molecule has 40 heavy (non-hydrogen) atoms. The largest absolute Gasteiger partial charge is 0.497 e. The van der Waals surface area contributed by atoms with Crippen molar-refractivity contribution in [2.75, 3.05) is 21.3 Å². The molecule has 0 fully saturated rings. The van der Waals surface area contributed by atoms with E-state index in [4.69, 9.17) is 14.2 Å². The van der Waals surface area contributed by atoms with E-state index in [1.165, 1.54) is 26.4 Å². The predicted octanol–water partition coefficient (Wildman–Crippen LogP) is 10.9. The molecule has 0 saturated heterocycles. The molecule has 0 bridgehead atoms. The van der Waals surface area contributed by atoms with Gasteiger partial charge in [-0.1, -0.05) is 93.5 Å². The van der Waals surface area contributed by atoms with Crippen LogP contribution in [0.15, 0.2) is 54.6 Å². The summed E-state index contributed by atoms with van der Waals surface area (Å²) >= 11 is 0. The SMILES string of the molecule is CC.CC.COc1ccc(C(C)C)c(F)c1.COc1cccc(C(C)C)c1F.COc1cccc(F)c1C(C)C. The first-order valence-electron chi connectivity index (χ1n) is 14.0. The number of ether oxygens (including phenoxy) is 3. The van der Waals surface area contributed by atoms with Crippen LogP contribution >= 0.6 is 0 Å². The molecular formula is C34H51F3O3. The zero-order valence-electron chi connectivity index (χ0n) is 26.8. The molecule has 0 amide bonds. The van der Waals surface area contributed by atoms with Crippen molar-refractivity contribution in [3.05, 3.63) is 88.7 Å². The minimum atomic E-state index is -0.241. The van der Waals surface area contributed by atoms with E-state index >= 15 is 0 Å². The summed E-state index contributed by atoms with van der Waals surface area (Å²) in [5, 5.41) is 0. The molecule has 0 saturated carbocycles. The Bertz CT molecular complexity index is 1080. The smallest absolute Gasteiger partial charge is 0.168 e. The van der Waals surface area contributed by atoms with Gasteiger partial charge in [-0.3, -0.25) is 0 Å². The maximum Gasteiger partial charge on any atom is 0.168 e. The van der Waals surface area contributed by atoms with Gasteiger partial charge in [0.2, 0.25) is 0 Å². The lowest BCUT2D eigenvalue weighted by molar-refractivity contribution is 0.383. The molecule has 3 rings (SSSR count). The number of halogens is 3. The van der Waals surface area contributed by atoms with E-state index in [9.17, 15) is 13.2 Å². The van der Waals surface area contributed by atoms with Gasteiger partial charge in [-0.25, -0.2) is 13.2 Å². The van der Waals surface area contributed by atoms with E-state index in [1.54, 1.807) is 49.6 Å². The van der Waals surface area contributed by atoms with Crippen molar-refractivity contribution in [2.45, 2.75) is 87.0 Å². The summed E-state index contributed by atoms with van der Waals surface area (Å²) in [4.78, 5) is 0. The third-order valence-electron chi connectivity index (χ3n) is 5.47. The van der Waals surface area contributed by atoms with E-state index in [1.807, 2.05) is 69.2 Å². The van der Waals surface area contributed by atoms with Crippen LogP contribution < -0.4 is 14.2 Å². The molecule has 226 valence electrons. The van der Waals surface area contributed by atoms with Crippen molar-refractivity contribution in [3.8, 4) is 17.2 Å². The Labute approximate surface area is 241 Å². The Morgan fingerprint density at radius 1 is 0.525 bits per heavy atom. The van der Waals surface area contributed by atoms with E-state index in [0.29, 0.717) is 28.4 Å². The molecule has 3 aromatic carbocycles. The van der Waals surface area contributed by atoms with Gasteiger partial charge in [-0.2, -0.15) is 0 Å². The molecule has 0 aliphatic carbocycles. The first kappa shape index (κ1) is 39.0. The van der Waals surface area contributed by atoms with Crippen LogP contribution in [0.25, 0.3) is 0 Å². The molecule has 0 atom stereocenters. The van der Waals surface area contributed by atoms with Gasteiger partial charge < -0.3 is 14.2 Å². The first-order chi connectivity index (χ1) is 19.0. The van der Waals surface area contributed by atoms with Crippen LogP contribution in [0.5, 0.6) is 17.2 Å². The molecule has 0 heterocycles. The zero-order valence-corrected chi connectivity index (χ0v) is 26.8. The maximum atomic E-state index is 13.4. The van der Waals surface area contributed by atoms with E-state index < -0.39 is 0 Å². The summed E-state index contributed by atoms with van der Waals surface area (Å²) in [6.45, 7) is 19.7. The van der Waals surface area contributed by atoms with Gasteiger partial charge in [0.1, 0.15) is 23.1 Å². The minimum absolute atomic E-state index is 0.154. The molecule has 3 nitrogen and oxygen atoms in total. The molecule has 6 heteroatoms. The summed E-state index contributed by atoms with van der Waals surface area (Å²) in [5.41, 5.74) is 2.09. The summed E-state index contributed by atoms with van der Waals surface area (Å²) in [5.74, 6) is 1.46. The molecule has 0 radical (unpaired) electrons. The lowest BCUT2D eigenvalue weighted by Gasteiger charge is -2.11. The van der Waals surface area contributed by atoms with Gasteiger partial charge in [0.05, 0.1) is 21.3 Å².